The number of aliphatic hydroxyl groups excluding tert-OH is 1. The summed E-state index contributed by atoms with van der Waals surface area (Å²) in [6.45, 7) is 4.74. The highest BCUT2D eigenvalue weighted by Crippen LogP contribution is 2.12. The van der Waals surface area contributed by atoms with Crippen LogP contribution in [0.1, 0.15) is 38.4 Å². The summed E-state index contributed by atoms with van der Waals surface area (Å²) in [5.74, 6) is -0.275. The molecule has 16 heavy (non-hydrogen) atoms. The van der Waals surface area contributed by atoms with Crippen LogP contribution in [-0.2, 0) is 0 Å². The summed E-state index contributed by atoms with van der Waals surface area (Å²) < 4.78 is 12.7. The van der Waals surface area contributed by atoms with E-state index in [9.17, 15) is 9.50 Å². The minimum Gasteiger partial charge on any atom is -0.387 e. The Hall–Kier alpha value is -0.930. The molecular weight excluding hydrogens is 205 g/mol. The third-order valence-corrected chi connectivity index (χ3v) is 2.64. The van der Waals surface area contributed by atoms with Gasteiger partial charge in [-0.15, -0.1) is 0 Å². The van der Waals surface area contributed by atoms with Gasteiger partial charge in [-0.1, -0.05) is 25.5 Å². The van der Waals surface area contributed by atoms with Crippen LogP contribution >= 0.6 is 0 Å². The van der Waals surface area contributed by atoms with Gasteiger partial charge in [-0.25, -0.2) is 4.39 Å². The Morgan fingerprint density at radius 3 is 2.50 bits per heavy atom. The zero-order valence-electron chi connectivity index (χ0n) is 9.91. The second-order valence-electron chi connectivity index (χ2n) is 4.17. The molecule has 1 unspecified atom stereocenters. The van der Waals surface area contributed by atoms with Crippen molar-refractivity contribution in [2.24, 2.45) is 0 Å². The van der Waals surface area contributed by atoms with Gasteiger partial charge in [-0.05, 0) is 31.0 Å². The molecule has 0 aromatic heterocycles. The largest absolute Gasteiger partial charge is 0.387 e. The predicted octanol–water partition coefficient (Wildman–Crippen LogP) is 2.64. The van der Waals surface area contributed by atoms with Crippen LogP contribution in [0.2, 0.25) is 0 Å². The molecule has 0 aliphatic carbocycles. The highest BCUT2D eigenvalue weighted by Gasteiger charge is 2.08. The number of halogens is 1. The van der Waals surface area contributed by atoms with Crippen LogP contribution in [0.25, 0.3) is 0 Å². The van der Waals surface area contributed by atoms with Crippen LogP contribution < -0.4 is 5.32 Å². The molecule has 0 bridgehead atoms. The Balaban J connectivity index is 2.40. The van der Waals surface area contributed by atoms with Crippen molar-refractivity contribution in [1.29, 1.82) is 0 Å². The van der Waals surface area contributed by atoms with Gasteiger partial charge in [-0.2, -0.15) is 0 Å². The standard InChI is InChI=1S/C13H20FNO/c1-3-4-10(2)15-9-13(16)11-5-7-12(14)8-6-11/h5-8,10,13,15-16H,3-4,9H2,1-2H3/t10?,13-/m0/s1. The van der Waals surface area contributed by atoms with Crippen molar-refractivity contribution >= 4 is 0 Å². The Bertz CT molecular complexity index is 299. The van der Waals surface area contributed by atoms with Crippen molar-refractivity contribution in [2.75, 3.05) is 6.54 Å². The number of hydrogen-bond acceptors (Lipinski definition) is 2. The fraction of sp³-hybridized carbons (Fsp3) is 0.538. The molecule has 0 saturated heterocycles. The van der Waals surface area contributed by atoms with E-state index < -0.39 is 6.10 Å². The van der Waals surface area contributed by atoms with Gasteiger partial charge in [0.05, 0.1) is 6.10 Å². The van der Waals surface area contributed by atoms with Crippen LogP contribution in [-0.4, -0.2) is 17.7 Å². The van der Waals surface area contributed by atoms with Crippen molar-refractivity contribution in [1.82, 2.24) is 5.32 Å². The molecule has 1 aromatic rings. The lowest BCUT2D eigenvalue weighted by Gasteiger charge is -2.16. The van der Waals surface area contributed by atoms with E-state index in [4.69, 9.17) is 0 Å². The monoisotopic (exact) mass is 225 g/mol. The van der Waals surface area contributed by atoms with E-state index in [1.165, 1.54) is 12.1 Å². The molecule has 0 fully saturated rings. The molecule has 2 N–H and O–H groups in total. The zero-order chi connectivity index (χ0) is 12.0. The van der Waals surface area contributed by atoms with Crippen LogP contribution in [0, 0.1) is 5.82 Å². The molecule has 1 rings (SSSR count). The van der Waals surface area contributed by atoms with Gasteiger partial charge < -0.3 is 10.4 Å². The molecule has 0 spiro atoms. The van der Waals surface area contributed by atoms with Crippen LogP contribution in [0.5, 0.6) is 0 Å². The number of benzene rings is 1. The number of rotatable bonds is 6. The summed E-state index contributed by atoms with van der Waals surface area (Å²) in [7, 11) is 0. The Morgan fingerprint density at radius 2 is 1.94 bits per heavy atom. The Kier molecular flexibility index (Phi) is 5.43. The molecule has 2 nitrogen and oxygen atoms in total. The molecular formula is C13H20FNO. The maximum atomic E-state index is 12.7. The van der Waals surface area contributed by atoms with Gasteiger partial charge in [0.15, 0.2) is 0 Å². The average Bonchev–Trinajstić information content (AvgIpc) is 2.27. The van der Waals surface area contributed by atoms with Crippen molar-refractivity contribution in [3.05, 3.63) is 35.6 Å². The molecule has 2 atom stereocenters. The minimum absolute atomic E-state index is 0.275. The van der Waals surface area contributed by atoms with E-state index in [2.05, 4.69) is 19.2 Å². The molecule has 0 aliphatic rings. The molecule has 0 heterocycles. The number of hydrogen-bond donors (Lipinski definition) is 2. The van der Waals surface area contributed by atoms with E-state index in [1.54, 1.807) is 12.1 Å². The Morgan fingerprint density at radius 1 is 1.31 bits per heavy atom. The molecule has 0 radical (unpaired) electrons. The summed E-state index contributed by atoms with van der Waals surface area (Å²) in [6.07, 6.45) is 1.65. The van der Waals surface area contributed by atoms with Gasteiger partial charge in [0.25, 0.3) is 0 Å². The Labute approximate surface area is 96.5 Å². The zero-order valence-corrected chi connectivity index (χ0v) is 9.91. The summed E-state index contributed by atoms with van der Waals surface area (Å²) in [5, 5.41) is 13.1. The molecule has 90 valence electrons. The molecule has 3 heteroatoms. The van der Waals surface area contributed by atoms with Gasteiger partial charge >= 0.3 is 0 Å². The maximum absolute atomic E-state index is 12.7. The van der Waals surface area contributed by atoms with Crippen LogP contribution in [0.3, 0.4) is 0 Å². The minimum atomic E-state index is -0.570. The lowest BCUT2D eigenvalue weighted by molar-refractivity contribution is 0.170. The second kappa shape index (κ2) is 6.61. The first-order valence-corrected chi connectivity index (χ1v) is 5.80. The van der Waals surface area contributed by atoms with Crippen molar-refractivity contribution in [2.45, 2.75) is 38.8 Å². The highest BCUT2D eigenvalue weighted by atomic mass is 19.1. The summed E-state index contributed by atoms with van der Waals surface area (Å²) in [5.41, 5.74) is 0.748. The van der Waals surface area contributed by atoms with E-state index in [0.717, 1.165) is 18.4 Å². The van der Waals surface area contributed by atoms with Gasteiger partial charge in [-0.3, -0.25) is 0 Å². The molecule has 0 saturated carbocycles. The fourth-order valence-corrected chi connectivity index (χ4v) is 1.65. The van der Waals surface area contributed by atoms with Crippen molar-refractivity contribution < 1.29 is 9.50 Å². The van der Waals surface area contributed by atoms with E-state index in [1.807, 2.05) is 0 Å². The third kappa shape index (κ3) is 4.29. The quantitative estimate of drug-likeness (QED) is 0.780. The molecule has 1 aromatic carbocycles. The first kappa shape index (κ1) is 13.1. The maximum Gasteiger partial charge on any atom is 0.123 e. The van der Waals surface area contributed by atoms with E-state index >= 15 is 0 Å². The topological polar surface area (TPSA) is 32.3 Å². The fourth-order valence-electron chi connectivity index (χ4n) is 1.65. The smallest absolute Gasteiger partial charge is 0.123 e. The van der Waals surface area contributed by atoms with Crippen molar-refractivity contribution in [3.63, 3.8) is 0 Å². The SMILES string of the molecule is CCCC(C)NC[C@H](O)c1ccc(F)cc1. The predicted molar refractivity (Wildman–Crippen MR) is 63.7 cm³/mol. The summed E-state index contributed by atoms with van der Waals surface area (Å²) in [4.78, 5) is 0. The van der Waals surface area contributed by atoms with Crippen LogP contribution in [0.4, 0.5) is 4.39 Å². The van der Waals surface area contributed by atoms with Crippen LogP contribution in [0.15, 0.2) is 24.3 Å². The van der Waals surface area contributed by atoms with Gasteiger partial charge in [0.2, 0.25) is 0 Å². The number of aliphatic hydroxyl groups is 1. The first-order valence-electron chi connectivity index (χ1n) is 5.80. The summed E-state index contributed by atoms with van der Waals surface area (Å²) in [6, 6.07) is 6.38. The highest BCUT2D eigenvalue weighted by molar-refractivity contribution is 5.18. The lowest BCUT2D eigenvalue weighted by atomic mass is 10.1. The third-order valence-electron chi connectivity index (χ3n) is 2.64. The van der Waals surface area contributed by atoms with E-state index in [-0.39, 0.29) is 5.82 Å². The average molecular weight is 225 g/mol. The molecule has 0 aliphatic heterocycles. The van der Waals surface area contributed by atoms with Crippen molar-refractivity contribution in [3.8, 4) is 0 Å². The molecule has 0 amide bonds. The normalized spacial score (nSPS) is 14.8. The summed E-state index contributed by atoms with van der Waals surface area (Å²) >= 11 is 0. The van der Waals surface area contributed by atoms with Gasteiger partial charge in [0.1, 0.15) is 5.82 Å². The van der Waals surface area contributed by atoms with Gasteiger partial charge in [0, 0.05) is 12.6 Å². The lowest BCUT2D eigenvalue weighted by Crippen LogP contribution is -2.30. The van der Waals surface area contributed by atoms with E-state index in [0.29, 0.717) is 12.6 Å². The number of nitrogens with one attached hydrogen (secondary N) is 1. The first-order chi connectivity index (χ1) is 7.63. The second-order valence-corrected chi connectivity index (χ2v) is 4.17.